The van der Waals surface area contributed by atoms with Gasteiger partial charge in [0.1, 0.15) is 0 Å². The summed E-state index contributed by atoms with van der Waals surface area (Å²) in [6.45, 7) is 5.13. The molecule has 1 atom stereocenters. The van der Waals surface area contributed by atoms with Gasteiger partial charge in [0.2, 0.25) is 5.91 Å². The number of carbonyl (C=O) groups is 1. The fourth-order valence-corrected chi connectivity index (χ4v) is 6.02. The van der Waals surface area contributed by atoms with Gasteiger partial charge in [0.05, 0.1) is 19.1 Å². The SMILES string of the molecule is O=C([C@H]1CCCN(C2CSCCSC2)C1)N1CCOCC1. The monoisotopic (exact) mass is 330 g/mol. The highest BCUT2D eigenvalue weighted by molar-refractivity contribution is 8.03. The molecule has 4 nitrogen and oxygen atoms in total. The lowest BCUT2D eigenvalue weighted by molar-refractivity contribution is -0.141. The van der Waals surface area contributed by atoms with E-state index in [1.165, 1.54) is 36.0 Å². The third-order valence-corrected chi connectivity index (χ3v) is 7.12. The molecule has 120 valence electrons. The Morgan fingerprint density at radius 1 is 1.05 bits per heavy atom. The van der Waals surface area contributed by atoms with Gasteiger partial charge in [-0.15, -0.1) is 0 Å². The third-order valence-electron chi connectivity index (χ3n) is 4.63. The van der Waals surface area contributed by atoms with Crippen LogP contribution in [0.15, 0.2) is 0 Å². The molecular weight excluding hydrogens is 304 g/mol. The molecule has 0 N–H and O–H groups in total. The number of hydrogen-bond acceptors (Lipinski definition) is 5. The van der Waals surface area contributed by atoms with Crippen LogP contribution in [0.2, 0.25) is 0 Å². The van der Waals surface area contributed by atoms with Crippen molar-refractivity contribution in [3.63, 3.8) is 0 Å². The Hall–Kier alpha value is 0.0900. The topological polar surface area (TPSA) is 32.8 Å². The summed E-state index contributed by atoms with van der Waals surface area (Å²) < 4.78 is 5.36. The Kier molecular flexibility index (Phi) is 6.15. The molecule has 3 aliphatic heterocycles. The molecule has 0 saturated carbocycles. The summed E-state index contributed by atoms with van der Waals surface area (Å²) in [6.07, 6.45) is 2.24. The molecule has 3 rings (SSSR count). The van der Waals surface area contributed by atoms with Crippen LogP contribution in [-0.4, -0.2) is 84.2 Å². The largest absolute Gasteiger partial charge is 0.378 e. The zero-order valence-electron chi connectivity index (χ0n) is 12.7. The van der Waals surface area contributed by atoms with Crippen molar-refractivity contribution in [1.29, 1.82) is 0 Å². The maximum atomic E-state index is 12.7. The summed E-state index contributed by atoms with van der Waals surface area (Å²) in [5.74, 6) is 5.64. The highest BCUT2D eigenvalue weighted by atomic mass is 32.2. The summed E-state index contributed by atoms with van der Waals surface area (Å²) in [6, 6.07) is 0.669. The van der Waals surface area contributed by atoms with Crippen LogP contribution in [0, 0.1) is 5.92 Å². The second-order valence-corrected chi connectivity index (χ2v) is 8.38. The predicted molar refractivity (Wildman–Crippen MR) is 90.1 cm³/mol. The van der Waals surface area contributed by atoms with Crippen molar-refractivity contribution in [3.05, 3.63) is 0 Å². The van der Waals surface area contributed by atoms with Gasteiger partial charge in [-0.1, -0.05) is 0 Å². The van der Waals surface area contributed by atoms with Crippen LogP contribution in [0.5, 0.6) is 0 Å². The summed E-state index contributed by atoms with van der Waals surface area (Å²) in [5.41, 5.74) is 0. The predicted octanol–water partition coefficient (Wildman–Crippen LogP) is 1.41. The molecule has 0 aromatic carbocycles. The second-order valence-electron chi connectivity index (χ2n) is 6.08. The van der Waals surface area contributed by atoms with Gasteiger partial charge in [0.15, 0.2) is 0 Å². The molecule has 0 bridgehead atoms. The standard InChI is InChI=1S/C15H26N2O2S2/c18-15(16-4-6-19-7-5-16)13-2-1-3-17(10-13)14-11-20-8-9-21-12-14/h13-14H,1-12H2/t13-/m0/s1. The van der Waals surface area contributed by atoms with Crippen molar-refractivity contribution < 1.29 is 9.53 Å². The normalized spacial score (nSPS) is 30.1. The molecule has 0 aromatic heterocycles. The number of thioether (sulfide) groups is 2. The van der Waals surface area contributed by atoms with Crippen molar-refractivity contribution in [2.45, 2.75) is 18.9 Å². The number of carbonyl (C=O) groups excluding carboxylic acids is 1. The molecule has 0 spiro atoms. The van der Waals surface area contributed by atoms with Gasteiger partial charge in [-0.3, -0.25) is 9.69 Å². The Morgan fingerprint density at radius 3 is 2.48 bits per heavy atom. The van der Waals surface area contributed by atoms with E-state index in [-0.39, 0.29) is 5.92 Å². The lowest BCUT2D eigenvalue weighted by Gasteiger charge is -2.39. The molecule has 3 saturated heterocycles. The number of amides is 1. The van der Waals surface area contributed by atoms with Crippen LogP contribution in [0.4, 0.5) is 0 Å². The Balaban J connectivity index is 1.55. The first-order valence-corrected chi connectivity index (χ1v) is 10.4. The molecule has 3 heterocycles. The van der Waals surface area contributed by atoms with Gasteiger partial charge < -0.3 is 9.64 Å². The van der Waals surface area contributed by atoms with Gasteiger partial charge in [-0.2, -0.15) is 23.5 Å². The van der Waals surface area contributed by atoms with E-state index in [0.717, 1.165) is 26.1 Å². The maximum Gasteiger partial charge on any atom is 0.227 e. The van der Waals surface area contributed by atoms with Crippen LogP contribution in [0.3, 0.4) is 0 Å². The fraction of sp³-hybridized carbons (Fsp3) is 0.933. The molecule has 0 unspecified atom stereocenters. The number of nitrogens with zero attached hydrogens (tertiary/aromatic N) is 2. The lowest BCUT2D eigenvalue weighted by Crippen LogP contribution is -2.51. The van der Waals surface area contributed by atoms with E-state index in [4.69, 9.17) is 4.74 Å². The van der Waals surface area contributed by atoms with E-state index in [9.17, 15) is 4.79 Å². The fourth-order valence-electron chi connectivity index (χ4n) is 3.40. The van der Waals surface area contributed by atoms with Crippen molar-refractivity contribution in [2.75, 3.05) is 62.4 Å². The van der Waals surface area contributed by atoms with Crippen molar-refractivity contribution in [1.82, 2.24) is 9.80 Å². The molecule has 0 aliphatic carbocycles. The highest BCUT2D eigenvalue weighted by Crippen LogP contribution is 2.26. The molecule has 3 aliphatic rings. The summed E-state index contributed by atoms with van der Waals surface area (Å²) >= 11 is 4.16. The van der Waals surface area contributed by atoms with E-state index < -0.39 is 0 Å². The van der Waals surface area contributed by atoms with Crippen LogP contribution >= 0.6 is 23.5 Å². The number of hydrogen-bond donors (Lipinski definition) is 0. The van der Waals surface area contributed by atoms with E-state index in [1.807, 2.05) is 4.90 Å². The minimum absolute atomic E-state index is 0.218. The average molecular weight is 331 g/mol. The smallest absolute Gasteiger partial charge is 0.227 e. The second kappa shape index (κ2) is 8.09. The Labute approximate surface area is 136 Å². The number of morpholine rings is 1. The van der Waals surface area contributed by atoms with E-state index >= 15 is 0 Å². The molecule has 0 radical (unpaired) electrons. The summed E-state index contributed by atoms with van der Waals surface area (Å²) in [4.78, 5) is 17.3. The quantitative estimate of drug-likeness (QED) is 0.764. The number of ether oxygens (including phenoxy) is 1. The first-order chi connectivity index (χ1) is 10.3. The van der Waals surface area contributed by atoms with Crippen LogP contribution in [0.1, 0.15) is 12.8 Å². The van der Waals surface area contributed by atoms with E-state index in [0.29, 0.717) is 25.2 Å². The first kappa shape index (κ1) is 16.0. The minimum Gasteiger partial charge on any atom is -0.378 e. The zero-order valence-corrected chi connectivity index (χ0v) is 14.3. The first-order valence-electron chi connectivity index (χ1n) is 8.10. The number of piperidine rings is 1. The molecule has 6 heteroatoms. The van der Waals surface area contributed by atoms with Gasteiger partial charge in [0.25, 0.3) is 0 Å². The van der Waals surface area contributed by atoms with Gasteiger partial charge in [-0.25, -0.2) is 0 Å². The Morgan fingerprint density at radius 2 is 1.76 bits per heavy atom. The zero-order chi connectivity index (χ0) is 14.5. The molecular formula is C15H26N2O2S2. The average Bonchev–Trinajstić information content (AvgIpc) is 2.84. The van der Waals surface area contributed by atoms with Crippen molar-refractivity contribution >= 4 is 29.4 Å². The van der Waals surface area contributed by atoms with Crippen LogP contribution in [0.25, 0.3) is 0 Å². The summed E-state index contributed by atoms with van der Waals surface area (Å²) in [7, 11) is 0. The molecule has 3 fully saturated rings. The van der Waals surface area contributed by atoms with E-state index in [1.54, 1.807) is 0 Å². The highest BCUT2D eigenvalue weighted by Gasteiger charge is 2.32. The molecule has 21 heavy (non-hydrogen) atoms. The Bertz CT molecular complexity index is 343. The van der Waals surface area contributed by atoms with Crippen LogP contribution in [-0.2, 0) is 9.53 Å². The van der Waals surface area contributed by atoms with Crippen molar-refractivity contribution in [3.8, 4) is 0 Å². The molecule has 1 amide bonds. The van der Waals surface area contributed by atoms with E-state index in [2.05, 4.69) is 28.4 Å². The van der Waals surface area contributed by atoms with Crippen molar-refractivity contribution in [2.24, 2.45) is 5.92 Å². The number of likely N-dealkylation sites (tertiary alicyclic amines) is 1. The van der Waals surface area contributed by atoms with Gasteiger partial charge >= 0.3 is 0 Å². The number of rotatable bonds is 2. The van der Waals surface area contributed by atoms with Crippen LogP contribution < -0.4 is 0 Å². The van der Waals surface area contributed by atoms with Gasteiger partial charge in [-0.05, 0) is 19.4 Å². The third kappa shape index (κ3) is 4.30. The summed E-state index contributed by atoms with van der Waals surface area (Å²) in [5, 5.41) is 0. The molecule has 0 aromatic rings. The lowest BCUT2D eigenvalue weighted by atomic mass is 9.95. The van der Waals surface area contributed by atoms with Gasteiger partial charge in [0, 0.05) is 48.7 Å². The maximum absolute atomic E-state index is 12.7. The minimum atomic E-state index is 0.218.